The Kier molecular flexibility index (Phi) is 3.53. The summed E-state index contributed by atoms with van der Waals surface area (Å²) in [5.74, 6) is -0.635. The molecule has 104 valence electrons. The molecule has 0 saturated heterocycles. The second-order valence-corrected chi connectivity index (χ2v) is 5.39. The van der Waals surface area contributed by atoms with Gasteiger partial charge in [0, 0.05) is 16.1 Å². The third-order valence-electron chi connectivity index (χ3n) is 3.16. The van der Waals surface area contributed by atoms with E-state index in [0.29, 0.717) is 26.9 Å². The lowest BCUT2D eigenvalue weighted by molar-refractivity contribution is -0.110. The van der Waals surface area contributed by atoms with E-state index in [1.807, 2.05) is 0 Å². The van der Waals surface area contributed by atoms with E-state index in [1.165, 1.54) is 6.08 Å². The Hall–Kier alpha value is -2.10. The fourth-order valence-corrected chi connectivity index (χ4v) is 2.67. The lowest BCUT2D eigenvalue weighted by Crippen LogP contribution is -2.06. The molecule has 0 aromatic heterocycles. The first kappa shape index (κ1) is 13.9. The van der Waals surface area contributed by atoms with Crippen molar-refractivity contribution in [3.63, 3.8) is 0 Å². The molecule has 0 spiro atoms. The third kappa shape index (κ3) is 2.58. The Balaban J connectivity index is 2.05. The first-order valence-corrected chi connectivity index (χ1v) is 6.93. The Morgan fingerprint density at radius 3 is 2.62 bits per heavy atom. The number of ketones is 1. The number of halogens is 2. The maximum absolute atomic E-state index is 12.3. The van der Waals surface area contributed by atoms with Crippen molar-refractivity contribution in [1.82, 2.24) is 0 Å². The zero-order valence-electron chi connectivity index (χ0n) is 10.7. The fraction of sp³-hybridized carbons (Fsp3) is 0. The van der Waals surface area contributed by atoms with E-state index in [0.717, 1.165) is 0 Å². The Bertz CT molecular complexity index is 797. The molecule has 1 N–H and O–H groups in total. The van der Waals surface area contributed by atoms with Gasteiger partial charge in [-0.05, 0) is 30.3 Å². The fourth-order valence-electron chi connectivity index (χ4n) is 2.20. The number of allylic oxidation sites excluding steroid dienone is 1. The first-order valence-electron chi connectivity index (χ1n) is 6.18. The molecule has 1 aliphatic rings. The number of anilines is 1. The van der Waals surface area contributed by atoms with Crippen molar-refractivity contribution >= 4 is 46.2 Å². The number of hydrogen-bond donors (Lipinski definition) is 1. The van der Waals surface area contributed by atoms with Gasteiger partial charge in [-0.15, -0.1) is 0 Å². The topological polar surface area (TPSA) is 46.2 Å². The molecule has 3 nitrogen and oxygen atoms in total. The molecule has 0 unspecified atom stereocenters. The van der Waals surface area contributed by atoms with Crippen LogP contribution >= 0.6 is 23.2 Å². The molecular weight excluding hydrogens is 309 g/mol. The summed E-state index contributed by atoms with van der Waals surface area (Å²) in [6.45, 7) is 0. The van der Waals surface area contributed by atoms with Crippen molar-refractivity contribution in [3.05, 3.63) is 69.7 Å². The molecule has 1 amide bonds. The van der Waals surface area contributed by atoms with Crippen molar-refractivity contribution in [3.8, 4) is 0 Å². The maximum Gasteiger partial charge on any atom is 0.256 e. The maximum atomic E-state index is 12.3. The van der Waals surface area contributed by atoms with E-state index in [1.54, 1.807) is 42.5 Å². The Morgan fingerprint density at radius 1 is 1.10 bits per heavy atom. The standard InChI is InChI=1S/C16H9Cl2NO2/c17-10-4-1-3-9(7-10)14(20)8-11-15-12(18)5-2-6-13(15)19-16(11)21/h1-8H,(H,19,21). The molecule has 1 heterocycles. The van der Waals surface area contributed by atoms with Gasteiger partial charge in [-0.2, -0.15) is 0 Å². The molecule has 21 heavy (non-hydrogen) atoms. The summed E-state index contributed by atoms with van der Waals surface area (Å²) in [5, 5.41) is 3.58. The highest BCUT2D eigenvalue weighted by Gasteiger charge is 2.27. The molecule has 0 saturated carbocycles. The highest BCUT2D eigenvalue weighted by atomic mass is 35.5. The lowest BCUT2D eigenvalue weighted by atomic mass is 10.0. The lowest BCUT2D eigenvalue weighted by Gasteiger charge is -2.01. The van der Waals surface area contributed by atoms with Crippen molar-refractivity contribution in [2.45, 2.75) is 0 Å². The van der Waals surface area contributed by atoms with Crippen LogP contribution in [-0.2, 0) is 4.79 Å². The number of benzene rings is 2. The number of hydrogen-bond acceptors (Lipinski definition) is 2. The van der Waals surface area contributed by atoms with Gasteiger partial charge in [-0.3, -0.25) is 9.59 Å². The normalized spacial score (nSPS) is 15.0. The number of nitrogens with one attached hydrogen (secondary N) is 1. The molecule has 0 fully saturated rings. The zero-order valence-corrected chi connectivity index (χ0v) is 12.2. The zero-order chi connectivity index (χ0) is 15.0. The second-order valence-electron chi connectivity index (χ2n) is 4.55. The van der Waals surface area contributed by atoms with Crippen LogP contribution in [0.25, 0.3) is 5.57 Å². The van der Waals surface area contributed by atoms with Crippen LogP contribution in [-0.4, -0.2) is 11.7 Å². The SMILES string of the molecule is O=C1Nc2cccc(Cl)c2C1=CC(=O)c1cccc(Cl)c1. The van der Waals surface area contributed by atoms with Crippen molar-refractivity contribution < 1.29 is 9.59 Å². The van der Waals surface area contributed by atoms with E-state index in [-0.39, 0.29) is 17.3 Å². The Labute approximate surface area is 131 Å². The van der Waals surface area contributed by atoms with E-state index in [4.69, 9.17) is 23.2 Å². The van der Waals surface area contributed by atoms with Crippen LogP contribution in [0.15, 0.2) is 48.5 Å². The van der Waals surface area contributed by atoms with Gasteiger partial charge in [0.15, 0.2) is 5.78 Å². The van der Waals surface area contributed by atoms with Crippen molar-refractivity contribution in [2.75, 3.05) is 5.32 Å². The summed E-state index contributed by atoms with van der Waals surface area (Å²) in [7, 11) is 0. The molecule has 5 heteroatoms. The van der Waals surface area contributed by atoms with Crippen LogP contribution in [0.4, 0.5) is 5.69 Å². The summed E-state index contributed by atoms with van der Waals surface area (Å²) in [4.78, 5) is 24.3. The van der Waals surface area contributed by atoms with Crippen LogP contribution in [0.2, 0.25) is 10.0 Å². The van der Waals surface area contributed by atoms with Crippen LogP contribution in [0.5, 0.6) is 0 Å². The molecule has 0 radical (unpaired) electrons. The summed E-state index contributed by atoms with van der Waals surface area (Å²) in [6.07, 6.45) is 1.29. The largest absolute Gasteiger partial charge is 0.321 e. The number of carbonyl (C=O) groups is 2. The van der Waals surface area contributed by atoms with Gasteiger partial charge in [-0.25, -0.2) is 0 Å². The average molecular weight is 318 g/mol. The number of rotatable bonds is 2. The van der Waals surface area contributed by atoms with Gasteiger partial charge in [0.25, 0.3) is 5.91 Å². The predicted molar refractivity (Wildman–Crippen MR) is 83.8 cm³/mol. The highest BCUT2D eigenvalue weighted by Crippen LogP contribution is 2.37. The van der Waals surface area contributed by atoms with E-state index in [9.17, 15) is 9.59 Å². The predicted octanol–water partition coefficient (Wildman–Crippen LogP) is 4.21. The van der Waals surface area contributed by atoms with Gasteiger partial charge in [0.2, 0.25) is 0 Å². The second kappa shape index (κ2) is 5.35. The summed E-state index contributed by atoms with van der Waals surface area (Å²) >= 11 is 12.0. The molecule has 2 aromatic rings. The van der Waals surface area contributed by atoms with Crippen LogP contribution in [0.3, 0.4) is 0 Å². The molecule has 3 rings (SSSR count). The molecule has 0 atom stereocenters. The minimum atomic E-state index is -0.339. The van der Waals surface area contributed by atoms with E-state index in [2.05, 4.69) is 5.32 Å². The smallest absolute Gasteiger partial charge is 0.256 e. The Morgan fingerprint density at radius 2 is 1.86 bits per heavy atom. The number of carbonyl (C=O) groups excluding carboxylic acids is 2. The minimum absolute atomic E-state index is 0.264. The minimum Gasteiger partial charge on any atom is -0.321 e. The average Bonchev–Trinajstić information content (AvgIpc) is 2.76. The first-order chi connectivity index (χ1) is 10.1. The van der Waals surface area contributed by atoms with Gasteiger partial charge in [0.05, 0.1) is 16.3 Å². The number of fused-ring (bicyclic) bond motifs is 1. The van der Waals surface area contributed by atoms with Crippen LogP contribution in [0, 0.1) is 0 Å². The van der Waals surface area contributed by atoms with Gasteiger partial charge < -0.3 is 5.32 Å². The van der Waals surface area contributed by atoms with Gasteiger partial charge in [-0.1, -0.05) is 41.4 Å². The van der Waals surface area contributed by atoms with Crippen molar-refractivity contribution in [2.24, 2.45) is 0 Å². The molecule has 2 aromatic carbocycles. The van der Waals surface area contributed by atoms with Crippen LogP contribution < -0.4 is 5.32 Å². The number of amides is 1. The summed E-state index contributed by atoms with van der Waals surface area (Å²) in [6, 6.07) is 11.7. The summed E-state index contributed by atoms with van der Waals surface area (Å²) < 4.78 is 0. The molecule has 0 bridgehead atoms. The highest BCUT2D eigenvalue weighted by molar-refractivity contribution is 6.41. The third-order valence-corrected chi connectivity index (χ3v) is 3.71. The summed E-state index contributed by atoms with van der Waals surface area (Å²) in [5.41, 5.74) is 1.85. The van der Waals surface area contributed by atoms with Crippen LogP contribution in [0.1, 0.15) is 15.9 Å². The van der Waals surface area contributed by atoms with Gasteiger partial charge in [0.1, 0.15) is 0 Å². The molecular formula is C16H9Cl2NO2. The van der Waals surface area contributed by atoms with E-state index < -0.39 is 0 Å². The van der Waals surface area contributed by atoms with E-state index >= 15 is 0 Å². The van der Waals surface area contributed by atoms with Crippen molar-refractivity contribution in [1.29, 1.82) is 0 Å². The molecule has 0 aliphatic carbocycles. The molecule has 1 aliphatic heterocycles. The monoisotopic (exact) mass is 317 g/mol. The van der Waals surface area contributed by atoms with Gasteiger partial charge >= 0.3 is 0 Å². The quantitative estimate of drug-likeness (QED) is 0.666.